The molecular formula is C13H24OS. The molecule has 1 aromatic carbocycles. The fraction of sp³-hybridized carbons (Fsp3) is 0.462. The van der Waals surface area contributed by atoms with Crippen molar-refractivity contribution < 1.29 is 4.79 Å². The number of benzene rings is 1. The Morgan fingerprint density at radius 2 is 1.47 bits per heavy atom. The van der Waals surface area contributed by atoms with Crippen molar-refractivity contribution in [3.8, 4) is 0 Å². The zero-order valence-electron chi connectivity index (χ0n) is 9.70. The summed E-state index contributed by atoms with van der Waals surface area (Å²) in [5.41, 5.74) is 1.33. The van der Waals surface area contributed by atoms with Crippen LogP contribution in [0.15, 0.2) is 29.2 Å². The van der Waals surface area contributed by atoms with Gasteiger partial charge in [0.05, 0.1) is 0 Å². The smallest absolute Gasteiger partial charge is 0.116 e. The van der Waals surface area contributed by atoms with Crippen LogP contribution in [0, 0.1) is 6.92 Å². The first-order valence-corrected chi connectivity index (χ1v) is 5.97. The SMILES string of the molecule is C.CC.CC=O.CSc1ccc(C)cc1. The molecule has 0 saturated heterocycles. The van der Waals surface area contributed by atoms with Gasteiger partial charge in [-0.25, -0.2) is 0 Å². The first-order valence-electron chi connectivity index (χ1n) is 4.75. The Balaban J connectivity index is -0.000000209. The number of carbonyl (C=O) groups excluding carboxylic acids is 1. The standard InChI is InChI=1S/C8H10S.C2H4O.C2H6.CH4/c1-7-3-5-8(9-2)6-4-7;1-2-3;1-2;/h3-6H,1-2H3;2H,1H3;1-2H3;1H4. The van der Waals surface area contributed by atoms with Gasteiger partial charge in [-0.05, 0) is 32.2 Å². The van der Waals surface area contributed by atoms with Gasteiger partial charge in [0, 0.05) is 4.90 Å². The van der Waals surface area contributed by atoms with Crippen LogP contribution in [-0.2, 0) is 4.79 Å². The van der Waals surface area contributed by atoms with E-state index in [2.05, 4.69) is 37.4 Å². The Bertz CT molecular complexity index is 216. The van der Waals surface area contributed by atoms with E-state index in [4.69, 9.17) is 4.79 Å². The van der Waals surface area contributed by atoms with Crippen LogP contribution in [0.3, 0.4) is 0 Å². The first kappa shape index (κ1) is 19.8. The molecule has 0 atom stereocenters. The Morgan fingerprint density at radius 1 is 1.13 bits per heavy atom. The van der Waals surface area contributed by atoms with Gasteiger partial charge >= 0.3 is 0 Å². The summed E-state index contributed by atoms with van der Waals surface area (Å²) in [4.78, 5) is 10.1. The number of carbonyl (C=O) groups is 1. The minimum Gasteiger partial charge on any atom is -0.304 e. The predicted molar refractivity (Wildman–Crippen MR) is 72.8 cm³/mol. The molecule has 2 heteroatoms. The fourth-order valence-electron chi connectivity index (χ4n) is 0.674. The Kier molecular flexibility index (Phi) is 20.7. The molecule has 0 spiro atoms. The van der Waals surface area contributed by atoms with E-state index in [0.29, 0.717) is 0 Å². The minimum atomic E-state index is 0. The Morgan fingerprint density at radius 3 is 1.73 bits per heavy atom. The Hall–Kier alpha value is -0.760. The van der Waals surface area contributed by atoms with E-state index in [-0.39, 0.29) is 7.43 Å². The molecule has 0 N–H and O–H groups in total. The largest absolute Gasteiger partial charge is 0.304 e. The second kappa shape index (κ2) is 15.7. The van der Waals surface area contributed by atoms with Gasteiger partial charge in [0.1, 0.15) is 6.29 Å². The molecule has 88 valence electrons. The van der Waals surface area contributed by atoms with Crippen LogP contribution in [0.1, 0.15) is 33.8 Å². The van der Waals surface area contributed by atoms with E-state index >= 15 is 0 Å². The lowest BCUT2D eigenvalue weighted by Gasteiger charge is -1.93. The summed E-state index contributed by atoms with van der Waals surface area (Å²) < 4.78 is 0. The normalized spacial score (nSPS) is 7.00. The molecule has 15 heavy (non-hydrogen) atoms. The van der Waals surface area contributed by atoms with Gasteiger partial charge in [0.2, 0.25) is 0 Å². The van der Waals surface area contributed by atoms with Crippen molar-refractivity contribution in [2.75, 3.05) is 6.26 Å². The zero-order valence-corrected chi connectivity index (χ0v) is 10.5. The molecule has 0 saturated carbocycles. The third-order valence-electron chi connectivity index (χ3n) is 1.26. The lowest BCUT2D eigenvalue weighted by atomic mass is 10.2. The molecule has 0 radical (unpaired) electrons. The van der Waals surface area contributed by atoms with Crippen LogP contribution in [0.25, 0.3) is 0 Å². The molecule has 1 nitrogen and oxygen atoms in total. The van der Waals surface area contributed by atoms with Crippen LogP contribution in [0.2, 0.25) is 0 Å². The van der Waals surface area contributed by atoms with Crippen LogP contribution in [0.4, 0.5) is 0 Å². The third-order valence-corrected chi connectivity index (χ3v) is 2.00. The van der Waals surface area contributed by atoms with Gasteiger partial charge in [-0.2, -0.15) is 0 Å². The number of hydrogen-bond acceptors (Lipinski definition) is 2. The molecule has 0 unspecified atom stereocenters. The average molecular weight is 228 g/mol. The Labute approximate surface area is 99.3 Å². The van der Waals surface area contributed by atoms with Crippen molar-refractivity contribution in [1.29, 1.82) is 0 Å². The first-order chi connectivity index (χ1) is 6.74. The maximum atomic E-state index is 8.81. The highest BCUT2D eigenvalue weighted by Crippen LogP contribution is 2.13. The topological polar surface area (TPSA) is 17.1 Å². The average Bonchev–Trinajstić information content (AvgIpc) is 2.23. The van der Waals surface area contributed by atoms with Gasteiger partial charge in [0.25, 0.3) is 0 Å². The fourth-order valence-corrected chi connectivity index (χ4v) is 1.08. The van der Waals surface area contributed by atoms with Crippen LogP contribution >= 0.6 is 11.8 Å². The number of rotatable bonds is 1. The third kappa shape index (κ3) is 13.2. The number of hydrogen-bond donors (Lipinski definition) is 0. The van der Waals surface area contributed by atoms with Gasteiger partial charge in [-0.1, -0.05) is 39.0 Å². The monoisotopic (exact) mass is 228 g/mol. The molecule has 0 aromatic heterocycles. The highest BCUT2D eigenvalue weighted by molar-refractivity contribution is 7.98. The maximum absolute atomic E-state index is 8.81. The highest BCUT2D eigenvalue weighted by atomic mass is 32.2. The van der Waals surface area contributed by atoms with Crippen molar-refractivity contribution in [3.05, 3.63) is 29.8 Å². The molecule has 1 rings (SSSR count). The summed E-state index contributed by atoms with van der Waals surface area (Å²) in [6, 6.07) is 8.54. The highest BCUT2D eigenvalue weighted by Gasteiger charge is 1.85. The number of thioether (sulfide) groups is 1. The summed E-state index contributed by atoms with van der Waals surface area (Å²) >= 11 is 1.78. The van der Waals surface area contributed by atoms with E-state index in [1.807, 2.05) is 13.8 Å². The van der Waals surface area contributed by atoms with Gasteiger partial charge in [-0.3, -0.25) is 0 Å². The van der Waals surface area contributed by atoms with E-state index in [1.54, 1.807) is 11.8 Å². The molecule has 0 amide bonds. The van der Waals surface area contributed by atoms with Crippen molar-refractivity contribution in [2.24, 2.45) is 0 Å². The lowest BCUT2D eigenvalue weighted by Crippen LogP contribution is -1.70. The van der Waals surface area contributed by atoms with Gasteiger partial charge in [-0.15, -0.1) is 11.8 Å². The summed E-state index contributed by atoms with van der Waals surface area (Å²) in [5.74, 6) is 0. The molecule has 0 aliphatic heterocycles. The van der Waals surface area contributed by atoms with E-state index < -0.39 is 0 Å². The molecule has 0 bridgehead atoms. The summed E-state index contributed by atoms with van der Waals surface area (Å²) in [7, 11) is 0. The van der Waals surface area contributed by atoms with E-state index in [1.165, 1.54) is 17.4 Å². The quantitative estimate of drug-likeness (QED) is 0.517. The molecule has 0 heterocycles. The molecule has 1 aromatic rings. The summed E-state index contributed by atoms with van der Waals surface area (Å²) in [6.45, 7) is 7.55. The number of aryl methyl sites for hydroxylation is 1. The van der Waals surface area contributed by atoms with E-state index in [9.17, 15) is 0 Å². The zero-order chi connectivity index (χ0) is 11.4. The second-order valence-electron chi connectivity index (χ2n) is 2.25. The van der Waals surface area contributed by atoms with E-state index in [0.717, 1.165) is 6.29 Å². The predicted octanol–water partition coefficient (Wildman–Crippen LogP) is 4.58. The summed E-state index contributed by atoms with van der Waals surface area (Å²) in [6.07, 6.45) is 2.84. The van der Waals surface area contributed by atoms with Crippen molar-refractivity contribution in [3.63, 3.8) is 0 Å². The second-order valence-corrected chi connectivity index (χ2v) is 3.13. The molecular weight excluding hydrogens is 204 g/mol. The number of aldehydes is 1. The maximum Gasteiger partial charge on any atom is 0.116 e. The van der Waals surface area contributed by atoms with Crippen LogP contribution < -0.4 is 0 Å². The summed E-state index contributed by atoms with van der Waals surface area (Å²) in [5, 5.41) is 0. The van der Waals surface area contributed by atoms with Gasteiger partial charge < -0.3 is 4.79 Å². The molecule has 0 aliphatic carbocycles. The van der Waals surface area contributed by atoms with Gasteiger partial charge in [0.15, 0.2) is 0 Å². The van der Waals surface area contributed by atoms with Crippen LogP contribution in [0.5, 0.6) is 0 Å². The molecule has 0 fully saturated rings. The minimum absolute atomic E-state index is 0. The van der Waals surface area contributed by atoms with Crippen molar-refractivity contribution >= 4 is 18.0 Å². The van der Waals surface area contributed by atoms with Crippen molar-refractivity contribution in [1.82, 2.24) is 0 Å². The van der Waals surface area contributed by atoms with Crippen LogP contribution in [-0.4, -0.2) is 12.5 Å². The molecule has 0 aliphatic rings. The van der Waals surface area contributed by atoms with Crippen molar-refractivity contribution in [2.45, 2.75) is 40.0 Å². The lowest BCUT2D eigenvalue weighted by molar-refractivity contribution is -0.106.